The summed E-state index contributed by atoms with van der Waals surface area (Å²) in [5.74, 6) is -1.49. The van der Waals surface area contributed by atoms with Crippen LogP contribution in [0, 0.1) is 5.82 Å². The Bertz CT molecular complexity index is 1180. The van der Waals surface area contributed by atoms with Gasteiger partial charge in [0.25, 0.3) is 0 Å². The highest BCUT2D eigenvalue weighted by Gasteiger charge is 2.31. The second kappa shape index (κ2) is 7.38. The van der Waals surface area contributed by atoms with Gasteiger partial charge in [0.15, 0.2) is 5.69 Å². The summed E-state index contributed by atoms with van der Waals surface area (Å²) in [6.07, 6.45) is 1.79. The van der Waals surface area contributed by atoms with Crippen LogP contribution >= 0.6 is 11.6 Å². The van der Waals surface area contributed by atoms with Gasteiger partial charge in [0.2, 0.25) is 0 Å². The molecule has 7 heteroatoms. The minimum Gasteiger partial charge on any atom is -0.477 e. The number of carboxylic acid groups (broad SMARTS) is 1. The molecule has 152 valence electrons. The molecule has 1 fully saturated rings. The van der Waals surface area contributed by atoms with Gasteiger partial charge < -0.3 is 14.7 Å². The van der Waals surface area contributed by atoms with Crippen LogP contribution in [-0.4, -0.2) is 42.4 Å². The van der Waals surface area contributed by atoms with E-state index in [0.717, 1.165) is 29.9 Å². The fourth-order valence-corrected chi connectivity index (χ4v) is 4.69. The van der Waals surface area contributed by atoms with Crippen molar-refractivity contribution in [1.82, 2.24) is 4.98 Å². The summed E-state index contributed by atoms with van der Waals surface area (Å²) in [4.78, 5) is 18.2. The second-order valence-corrected chi connectivity index (χ2v) is 7.74. The SMILES string of the molecule is O=C(O)c1ncc(-c2ccccc2F)c2c1Cc1c-2ccc(N2CCOCC2)c1Cl. The van der Waals surface area contributed by atoms with Crippen LogP contribution in [0.2, 0.25) is 5.02 Å². The molecular weight excluding hydrogens is 407 g/mol. The van der Waals surface area contributed by atoms with Crippen LogP contribution in [0.3, 0.4) is 0 Å². The van der Waals surface area contributed by atoms with Crippen LogP contribution in [0.25, 0.3) is 22.3 Å². The van der Waals surface area contributed by atoms with Crippen molar-refractivity contribution in [3.63, 3.8) is 0 Å². The van der Waals surface area contributed by atoms with Crippen LogP contribution in [-0.2, 0) is 11.2 Å². The van der Waals surface area contributed by atoms with Gasteiger partial charge >= 0.3 is 5.97 Å². The number of nitrogens with zero attached hydrogens (tertiary/aromatic N) is 2. The van der Waals surface area contributed by atoms with Gasteiger partial charge in [0.05, 0.1) is 23.9 Å². The fourth-order valence-electron chi connectivity index (χ4n) is 4.34. The van der Waals surface area contributed by atoms with E-state index >= 15 is 0 Å². The lowest BCUT2D eigenvalue weighted by Crippen LogP contribution is -2.36. The number of carbonyl (C=O) groups is 1. The molecule has 0 saturated carbocycles. The highest BCUT2D eigenvalue weighted by Crippen LogP contribution is 2.48. The van der Waals surface area contributed by atoms with Crippen LogP contribution < -0.4 is 4.90 Å². The van der Waals surface area contributed by atoms with E-state index in [0.29, 0.717) is 46.9 Å². The third kappa shape index (κ3) is 2.95. The summed E-state index contributed by atoms with van der Waals surface area (Å²) in [5.41, 5.74) is 4.78. The van der Waals surface area contributed by atoms with E-state index in [-0.39, 0.29) is 11.5 Å². The molecule has 3 aromatic rings. The van der Waals surface area contributed by atoms with Crippen molar-refractivity contribution in [1.29, 1.82) is 0 Å². The topological polar surface area (TPSA) is 62.7 Å². The minimum absolute atomic E-state index is 0.0229. The Labute approximate surface area is 177 Å². The van der Waals surface area contributed by atoms with Crippen molar-refractivity contribution < 1.29 is 19.0 Å². The smallest absolute Gasteiger partial charge is 0.354 e. The average molecular weight is 425 g/mol. The molecule has 0 unspecified atom stereocenters. The number of carboxylic acids is 1. The van der Waals surface area contributed by atoms with E-state index in [1.54, 1.807) is 18.2 Å². The molecule has 0 amide bonds. The number of aromatic carboxylic acids is 1. The number of benzene rings is 2. The molecule has 2 heterocycles. The number of ether oxygens (including phenoxy) is 1. The summed E-state index contributed by atoms with van der Waals surface area (Å²) < 4.78 is 20.0. The first-order valence-corrected chi connectivity index (χ1v) is 10.1. The van der Waals surface area contributed by atoms with Crippen molar-refractivity contribution in [2.24, 2.45) is 0 Å². The maximum Gasteiger partial charge on any atom is 0.354 e. The lowest BCUT2D eigenvalue weighted by atomic mass is 9.94. The highest BCUT2D eigenvalue weighted by molar-refractivity contribution is 6.34. The van der Waals surface area contributed by atoms with E-state index in [1.165, 1.54) is 12.3 Å². The number of fused-ring (bicyclic) bond motifs is 3. The predicted octanol–water partition coefficient (Wildman–Crippen LogP) is 4.65. The van der Waals surface area contributed by atoms with Gasteiger partial charge in [-0.15, -0.1) is 0 Å². The molecule has 1 aliphatic carbocycles. The van der Waals surface area contributed by atoms with Crippen LogP contribution in [0.1, 0.15) is 21.6 Å². The monoisotopic (exact) mass is 424 g/mol. The molecule has 0 bridgehead atoms. The van der Waals surface area contributed by atoms with Crippen molar-refractivity contribution in [2.75, 3.05) is 31.2 Å². The van der Waals surface area contributed by atoms with E-state index in [9.17, 15) is 14.3 Å². The van der Waals surface area contributed by atoms with Crippen molar-refractivity contribution >= 4 is 23.3 Å². The van der Waals surface area contributed by atoms with E-state index in [1.807, 2.05) is 12.1 Å². The molecule has 5 nitrogen and oxygen atoms in total. The maximum absolute atomic E-state index is 14.6. The molecule has 1 aromatic heterocycles. The third-order valence-corrected chi connectivity index (χ3v) is 6.17. The molecule has 30 heavy (non-hydrogen) atoms. The zero-order valence-corrected chi connectivity index (χ0v) is 16.7. The predicted molar refractivity (Wildman–Crippen MR) is 113 cm³/mol. The van der Waals surface area contributed by atoms with Crippen LogP contribution in [0.4, 0.5) is 10.1 Å². The first-order valence-electron chi connectivity index (χ1n) is 9.70. The lowest BCUT2D eigenvalue weighted by Gasteiger charge is -2.30. The van der Waals surface area contributed by atoms with E-state index < -0.39 is 5.97 Å². The van der Waals surface area contributed by atoms with Crippen molar-refractivity contribution in [2.45, 2.75) is 6.42 Å². The quantitative estimate of drug-likeness (QED) is 0.518. The number of aromatic nitrogens is 1. The molecular formula is C23H18ClFN2O3. The molecule has 1 saturated heterocycles. The van der Waals surface area contributed by atoms with E-state index in [4.69, 9.17) is 16.3 Å². The largest absolute Gasteiger partial charge is 0.477 e. The number of hydrogen-bond acceptors (Lipinski definition) is 4. The summed E-state index contributed by atoms with van der Waals surface area (Å²) in [6, 6.07) is 10.3. The number of pyridine rings is 1. The number of rotatable bonds is 3. The number of halogens is 2. The Morgan fingerprint density at radius 1 is 1.07 bits per heavy atom. The lowest BCUT2D eigenvalue weighted by molar-refractivity contribution is 0.0689. The Kier molecular flexibility index (Phi) is 4.68. The number of hydrogen-bond donors (Lipinski definition) is 1. The second-order valence-electron chi connectivity index (χ2n) is 7.36. The Balaban J connectivity index is 1.71. The third-order valence-electron chi connectivity index (χ3n) is 5.74. The van der Waals surface area contributed by atoms with Crippen LogP contribution in [0.5, 0.6) is 0 Å². The Hall–Kier alpha value is -2.96. The van der Waals surface area contributed by atoms with Gasteiger partial charge in [-0.3, -0.25) is 0 Å². The van der Waals surface area contributed by atoms with E-state index in [2.05, 4.69) is 9.88 Å². The van der Waals surface area contributed by atoms with Crippen molar-refractivity contribution in [3.05, 3.63) is 70.3 Å². The fraction of sp³-hybridized carbons (Fsp3) is 0.217. The molecule has 1 N–H and O–H groups in total. The average Bonchev–Trinajstić information content (AvgIpc) is 3.15. The summed E-state index contributed by atoms with van der Waals surface area (Å²) in [7, 11) is 0. The van der Waals surface area contributed by atoms with Gasteiger partial charge in [-0.25, -0.2) is 14.2 Å². The maximum atomic E-state index is 14.6. The summed E-state index contributed by atoms with van der Waals surface area (Å²) in [5, 5.41) is 10.3. The molecule has 0 spiro atoms. The zero-order valence-electron chi connectivity index (χ0n) is 16.0. The van der Waals surface area contributed by atoms with Gasteiger partial charge in [0, 0.05) is 36.8 Å². The van der Waals surface area contributed by atoms with Crippen LogP contribution in [0.15, 0.2) is 42.6 Å². The first kappa shape index (κ1) is 19.0. The standard InChI is InChI=1S/C23H18ClFN2O3/c24-21-15-11-16-20(14(15)5-6-19(21)27-7-9-30-10-8-27)17(12-26-22(16)23(28)29)13-3-1-2-4-18(13)25/h1-6,12H,7-11H2,(H,28,29). The van der Waals surface area contributed by atoms with Gasteiger partial charge in [-0.05, 0) is 34.4 Å². The van der Waals surface area contributed by atoms with Gasteiger partial charge in [-0.2, -0.15) is 0 Å². The number of anilines is 1. The summed E-state index contributed by atoms with van der Waals surface area (Å²) >= 11 is 6.81. The molecule has 5 rings (SSSR count). The molecule has 1 aliphatic heterocycles. The highest BCUT2D eigenvalue weighted by atomic mass is 35.5. The number of morpholine rings is 1. The zero-order chi connectivity index (χ0) is 20.8. The molecule has 2 aromatic carbocycles. The van der Waals surface area contributed by atoms with Crippen molar-refractivity contribution in [3.8, 4) is 22.3 Å². The molecule has 2 aliphatic rings. The Morgan fingerprint density at radius 2 is 1.83 bits per heavy atom. The molecule has 0 radical (unpaired) electrons. The minimum atomic E-state index is -1.11. The molecule has 0 atom stereocenters. The van der Waals surface area contributed by atoms with Gasteiger partial charge in [-0.1, -0.05) is 35.9 Å². The van der Waals surface area contributed by atoms with Gasteiger partial charge in [0.1, 0.15) is 5.82 Å². The summed E-state index contributed by atoms with van der Waals surface area (Å²) in [6.45, 7) is 2.76. The Morgan fingerprint density at radius 3 is 2.57 bits per heavy atom. The first-order chi connectivity index (χ1) is 14.6. The normalized spacial score (nSPS) is 15.1.